The number of aryl methyl sites for hydroxylation is 1. The number of carboxylic acid groups (broad SMARTS) is 1. The van der Waals surface area contributed by atoms with Gasteiger partial charge in [0.1, 0.15) is 46.4 Å². The number of carbonyl (C=O) groups excluding carboxylic acids is 3. The summed E-state index contributed by atoms with van der Waals surface area (Å²) in [6.45, 7) is 5.28. The Morgan fingerprint density at radius 2 is 1.83 bits per heavy atom. The van der Waals surface area contributed by atoms with Crippen LogP contribution in [-0.4, -0.2) is 112 Å². The van der Waals surface area contributed by atoms with E-state index in [1.807, 2.05) is 29.9 Å². The number of pyridine rings is 1. The molecule has 0 radical (unpaired) electrons. The van der Waals surface area contributed by atoms with Gasteiger partial charge in [-0.3, -0.25) is 24.0 Å². The number of allylic oxidation sites excluding steroid dienone is 1. The minimum absolute atomic E-state index is 0.00863. The van der Waals surface area contributed by atoms with Crippen molar-refractivity contribution in [1.29, 1.82) is 0 Å². The van der Waals surface area contributed by atoms with E-state index >= 15 is 13.6 Å². The smallest absolute Gasteiger partial charge is 0.408 e. The average Bonchev–Trinajstić information content (AvgIpc) is 4.09. The number of ether oxygens (including phenoxy) is 2. The molecule has 7 atom stereocenters. The first-order valence-electron chi connectivity index (χ1n) is 20.7. The van der Waals surface area contributed by atoms with Crippen LogP contribution >= 0.6 is 0 Å². The molecule has 328 valence electrons. The Balaban J connectivity index is 1.30. The van der Waals surface area contributed by atoms with Crippen LogP contribution in [0.5, 0.6) is 11.6 Å². The summed E-state index contributed by atoms with van der Waals surface area (Å²) in [6.07, 6.45) is 3.36. The van der Waals surface area contributed by atoms with Crippen molar-refractivity contribution in [2.45, 2.75) is 132 Å². The van der Waals surface area contributed by atoms with Gasteiger partial charge in [0, 0.05) is 30.0 Å². The van der Waals surface area contributed by atoms with Crippen LogP contribution in [0.3, 0.4) is 0 Å². The van der Waals surface area contributed by atoms with Crippen molar-refractivity contribution in [3.8, 4) is 11.6 Å². The third-order valence-corrected chi connectivity index (χ3v) is 15.5. The number of sulfonamides is 1. The van der Waals surface area contributed by atoms with Crippen LogP contribution in [0.4, 0.5) is 18.0 Å². The van der Waals surface area contributed by atoms with Gasteiger partial charge in [-0.05, 0) is 83.1 Å². The van der Waals surface area contributed by atoms with E-state index in [0.717, 1.165) is 30.6 Å². The lowest BCUT2D eigenvalue weighted by atomic mass is 9.84. The Morgan fingerprint density at radius 1 is 1.13 bits per heavy atom. The van der Waals surface area contributed by atoms with Crippen LogP contribution in [0.15, 0.2) is 36.4 Å². The highest BCUT2D eigenvalue weighted by Crippen LogP contribution is 2.48. The van der Waals surface area contributed by atoms with Gasteiger partial charge in [0.05, 0.1) is 18.8 Å². The number of carbonyl (C=O) groups is 4. The van der Waals surface area contributed by atoms with E-state index in [1.54, 1.807) is 25.1 Å². The molecule has 7 rings (SSSR count). The summed E-state index contributed by atoms with van der Waals surface area (Å²) in [4.78, 5) is 63.5. The van der Waals surface area contributed by atoms with Gasteiger partial charge in [-0.15, -0.1) is 0 Å². The molecule has 18 heteroatoms. The molecule has 14 nitrogen and oxygen atoms in total. The summed E-state index contributed by atoms with van der Waals surface area (Å²) in [5, 5.41) is 14.8. The van der Waals surface area contributed by atoms with E-state index in [4.69, 9.17) is 14.5 Å². The fourth-order valence-corrected chi connectivity index (χ4v) is 10.5. The average molecular weight is 862 g/mol. The molecule has 0 bridgehead atoms. The van der Waals surface area contributed by atoms with E-state index < -0.39 is 92.3 Å². The van der Waals surface area contributed by atoms with Gasteiger partial charge in [0.25, 0.3) is 11.8 Å². The standard InChI is InChI=1S/C42H54F3N5O9S/c1-24-11-6-7-12-26-21-42(26,37(53)48-60(56,57)41(23-43)16-17-41)47-34(51)31-20-27(59-35-29-14-9-8-13-28(29)33-30(46-35)15-10-18-58-33)22-49(31)36(52)32(25(2)19-24)50(38(54)55)39(3,4)40(5,44)45/h7-9,12-14,24-27,31-32H,6,10-11,15-23H2,1-5H3,(H,47,51)(H,48,53)(H,54,55)/t24-,25-,26-,27-,31+,32+,42-/m1/s1. The third kappa shape index (κ3) is 7.76. The first-order chi connectivity index (χ1) is 28.2. The van der Waals surface area contributed by atoms with E-state index in [0.29, 0.717) is 54.5 Å². The van der Waals surface area contributed by atoms with Gasteiger partial charge in [0.2, 0.25) is 27.7 Å². The van der Waals surface area contributed by atoms with Gasteiger partial charge >= 0.3 is 6.09 Å². The number of nitrogens with one attached hydrogen (secondary N) is 2. The van der Waals surface area contributed by atoms with Crippen molar-refractivity contribution in [1.82, 2.24) is 24.8 Å². The van der Waals surface area contributed by atoms with Gasteiger partial charge in [-0.2, -0.15) is 0 Å². The zero-order valence-electron chi connectivity index (χ0n) is 34.5. The zero-order valence-corrected chi connectivity index (χ0v) is 35.3. The zero-order chi connectivity index (χ0) is 43.6. The van der Waals surface area contributed by atoms with Crippen LogP contribution in [-0.2, 0) is 30.8 Å². The van der Waals surface area contributed by atoms with Crippen LogP contribution in [0, 0.1) is 17.8 Å². The molecule has 3 fully saturated rings. The number of halogens is 3. The number of hydrogen-bond donors (Lipinski definition) is 3. The van der Waals surface area contributed by atoms with Gasteiger partial charge in [-0.25, -0.2) is 31.4 Å². The molecule has 1 aromatic carbocycles. The lowest BCUT2D eigenvalue weighted by Gasteiger charge is -2.47. The van der Waals surface area contributed by atoms with Crippen molar-refractivity contribution in [3.05, 3.63) is 42.1 Å². The Morgan fingerprint density at radius 3 is 2.48 bits per heavy atom. The van der Waals surface area contributed by atoms with E-state index in [9.17, 15) is 32.3 Å². The summed E-state index contributed by atoms with van der Waals surface area (Å²) < 4.78 is 84.1. The monoisotopic (exact) mass is 861 g/mol. The number of hydrogen-bond acceptors (Lipinski definition) is 9. The maximum atomic E-state index is 15.4. The quantitative estimate of drug-likeness (QED) is 0.271. The van der Waals surface area contributed by atoms with Gasteiger partial charge < -0.3 is 24.8 Å². The minimum Gasteiger partial charge on any atom is -0.491 e. The molecule has 1 saturated heterocycles. The number of benzene rings is 1. The van der Waals surface area contributed by atoms with Crippen LogP contribution in [0.1, 0.15) is 91.7 Å². The predicted molar refractivity (Wildman–Crippen MR) is 214 cm³/mol. The summed E-state index contributed by atoms with van der Waals surface area (Å²) >= 11 is 0. The molecule has 2 saturated carbocycles. The Hall–Kier alpha value is -4.61. The Bertz CT molecular complexity index is 2200. The maximum absolute atomic E-state index is 15.4. The highest BCUT2D eigenvalue weighted by molar-refractivity contribution is 7.91. The van der Waals surface area contributed by atoms with Crippen LogP contribution < -0.4 is 19.5 Å². The first-order valence-corrected chi connectivity index (χ1v) is 22.2. The summed E-state index contributed by atoms with van der Waals surface area (Å²) in [5.74, 6) is -7.17. The number of alkyl halides is 3. The molecule has 60 heavy (non-hydrogen) atoms. The summed E-state index contributed by atoms with van der Waals surface area (Å²) in [5.41, 5.74) is -3.51. The largest absolute Gasteiger partial charge is 0.491 e. The predicted octanol–water partition coefficient (Wildman–Crippen LogP) is 5.53. The van der Waals surface area contributed by atoms with Gasteiger partial charge in [0.15, 0.2) is 0 Å². The molecule has 3 aliphatic heterocycles. The van der Waals surface area contributed by atoms with Crippen LogP contribution in [0.2, 0.25) is 0 Å². The number of amides is 4. The number of nitrogens with zero attached hydrogens (tertiary/aromatic N) is 3. The molecular weight excluding hydrogens is 808 g/mol. The molecule has 2 aliphatic carbocycles. The second-order valence-corrected chi connectivity index (χ2v) is 20.1. The summed E-state index contributed by atoms with van der Waals surface area (Å²) in [7, 11) is -4.47. The van der Waals surface area contributed by atoms with Crippen molar-refractivity contribution in [3.63, 3.8) is 0 Å². The summed E-state index contributed by atoms with van der Waals surface area (Å²) in [6, 6.07) is 4.18. The van der Waals surface area contributed by atoms with Crippen molar-refractivity contribution in [2.24, 2.45) is 17.8 Å². The molecule has 0 spiro atoms. The van der Waals surface area contributed by atoms with Crippen molar-refractivity contribution >= 4 is 44.6 Å². The molecule has 3 N–H and O–H groups in total. The normalized spacial score (nSPS) is 29.4. The van der Waals surface area contributed by atoms with E-state index in [2.05, 4.69) is 5.32 Å². The van der Waals surface area contributed by atoms with Crippen molar-refractivity contribution in [2.75, 3.05) is 19.8 Å². The SMILES string of the molecule is C[C@@H]1CCC=C[C@@H]2C[C@@]2(C(=O)NS(=O)(=O)C2(CF)CC2)NC(=O)[C@@H]2C[C@@H](Oc3nc4c(c5ccccc35)OCCC4)CN2C(=O)[C@@H](N(C(=O)O)C(C)(C)C(C)(F)F)[C@H](C)C1. The van der Waals surface area contributed by atoms with E-state index in [-0.39, 0.29) is 50.4 Å². The molecule has 4 heterocycles. The second kappa shape index (κ2) is 15.7. The fraction of sp³-hybridized carbons (Fsp3) is 0.643. The first kappa shape index (κ1) is 43.5. The molecule has 4 amide bonds. The van der Waals surface area contributed by atoms with Crippen molar-refractivity contribution < 1.29 is 55.3 Å². The maximum Gasteiger partial charge on any atom is 0.408 e. The highest BCUT2D eigenvalue weighted by atomic mass is 32.2. The highest BCUT2D eigenvalue weighted by Gasteiger charge is 2.64. The number of aromatic nitrogens is 1. The van der Waals surface area contributed by atoms with Crippen LogP contribution in [0.25, 0.3) is 10.8 Å². The Labute approximate surface area is 347 Å². The topological polar surface area (TPSA) is 185 Å². The number of fused-ring (bicyclic) bond motifs is 5. The lowest BCUT2D eigenvalue weighted by molar-refractivity contribution is -0.156. The molecular formula is C42H54F3N5O9S. The second-order valence-electron chi connectivity index (χ2n) is 18.1. The lowest BCUT2D eigenvalue weighted by Crippen LogP contribution is -2.66. The molecule has 5 aliphatic rings. The molecule has 1 aromatic heterocycles. The fourth-order valence-electron chi connectivity index (χ4n) is 9.06. The third-order valence-electron chi connectivity index (χ3n) is 13.4. The molecule has 2 aromatic rings. The number of rotatable bonds is 9. The van der Waals surface area contributed by atoms with Gasteiger partial charge in [-0.1, -0.05) is 44.2 Å². The Kier molecular flexibility index (Phi) is 11.4. The molecule has 0 unspecified atom stereocenters. The minimum atomic E-state index is -4.47. The van der Waals surface area contributed by atoms with E-state index in [1.165, 1.54) is 0 Å².